The fourth-order valence-electron chi connectivity index (χ4n) is 2.14. The summed E-state index contributed by atoms with van der Waals surface area (Å²) in [6, 6.07) is 4.72. The summed E-state index contributed by atoms with van der Waals surface area (Å²) in [7, 11) is 0. The fraction of sp³-hybridized carbons (Fsp3) is 0.500. The molecule has 0 aromatic heterocycles. The summed E-state index contributed by atoms with van der Waals surface area (Å²) >= 11 is 0. The van der Waals surface area contributed by atoms with Crippen LogP contribution in [0.1, 0.15) is 18.9 Å². The van der Waals surface area contributed by atoms with Crippen molar-refractivity contribution in [2.45, 2.75) is 25.5 Å². The van der Waals surface area contributed by atoms with Gasteiger partial charge in [0.15, 0.2) is 0 Å². The van der Waals surface area contributed by atoms with Crippen LogP contribution >= 0.6 is 0 Å². The number of nitrogen functional groups attached to an aromatic ring is 1. The van der Waals surface area contributed by atoms with Crippen molar-refractivity contribution in [2.75, 3.05) is 18.8 Å². The Morgan fingerprint density at radius 3 is 2.88 bits per heavy atom. The second kappa shape index (κ2) is 4.03. The predicted molar refractivity (Wildman–Crippen MR) is 61.3 cm³/mol. The van der Waals surface area contributed by atoms with E-state index in [0.717, 1.165) is 13.0 Å². The van der Waals surface area contributed by atoms with Crippen molar-refractivity contribution < 1.29 is 9.50 Å². The van der Waals surface area contributed by atoms with Gasteiger partial charge >= 0.3 is 0 Å². The Hall–Kier alpha value is -1.13. The Balaban J connectivity index is 2.11. The molecule has 0 radical (unpaired) electrons. The topological polar surface area (TPSA) is 49.5 Å². The number of anilines is 1. The van der Waals surface area contributed by atoms with Crippen molar-refractivity contribution in [3.05, 3.63) is 29.6 Å². The summed E-state index contributed by atoms with van der Waals surface area (Å²) < 4.78 is 13.5. The summed E-state index contributed by atoms with van der Waals surface area (Å²) in [6.07, 6.45) is 0.724. The first-order valence-corrected chi connectivity index (χ1v) is 5.45. The second-order valence-electron chi connectivity index (χ2n) is 4.77. The van der Waals surface area contributed by atoms with Crippen LogP contribution in [0.4, 0.5) is 10.1 Å². The smallest absolute Gasteiger partial charge is 0.129 e. The van der Waals surface area contributed by atoms with E-state index in [1.807, 2.05) is 4.90 Å². The van der Waals surface area contributed by atoms with Crippen molar-refractivity contribution >= 4 is 5.69 Å². The number of rotatable bonds is 2. The monoisotopic (exact) mass is 224 g/mol. The molecule has 1 aliphatic rings. The standard InChI is InChI=1S/C12H17FN2O/c1-12(16)5-6-15(8-12)7-9-10(13)3-2-4-11(9)14/h2-4,16H,5-8,14H2,1H3. The largest absolute Gasteiger partial charge is 0.398 e. The number of nitrogens with two attached hydrogens (primary N) is 1. The van der Waals surface area contributed by atoms with Gasteiger partial charge in [-0.25, -0.2) is 4.39 Å². The summed E-state index contributed by atoms with van der Waals surface area (Å²) in [5, 5.41) is 9.81. The number of halogens is 1. The van der Waals surface area contributed by atoms with Gasteiger partial charge in [0, 0.05) is 30.9 Å². The lowest BCUT2D eigenvalue weighted by Crippen LogP contribution is -2.29. The van der Waals surface area contributed by atoms with Crippen molar-refractivity contribution in [1.29, 1.82) is 0 Å². The minimum Gasteiger partial charge on any atom is -0.398 e. The van der Waals surface area contributed by atoms with Crippen LogP contribution in [-0.4, -0.2) is 28.7 Å². The number of hydrogen-bond acceptors (Lipinski definition) is 3. The number of β-amino-alcohol motifs (C(OH)–C–C–N with tert-alkyl or cyclic N) is 1. The highest BCUT2D eigenvalue weighted by molar-refractivity contribution is 5.47. The van der Waals surface area contributed by atoms with Crippen molar-refractivity contribution in [3.8, 4) is 0 Å². The van der Waals surface area contributed by atoms with Gasteiger partial charge in [-0.2, -0.15) is 0 Å². The van der Waals surface area contributed by atoms with E-state index in [4.69, 9.17) is 5.73 Å². The lowest BCUT2D eigenvalue weighted by atomic mass is 10.1. The van der Waals surface area contributed by atoms with Gasteiger partial charge in [-0.3, -0.25) is 4.90 Å². The Kier molecular flexibility index (Phi) is 2.86. The van der Waals surface area contributed by atoms with E-state index in [0.29, 0.717) is 24.3 Å². The quantitative estimate of drug-likeness (QED) is 0.746. The molecule has 1 aliphatic heterocycles. The zero-order valence-electron chi connectivity index (χ0n) is 9.41. The van der Waals surface area contributed by atoms with Crippen LogP contribution in [0.2, 0.25) is 0 Å². The molecule has 1 atom stereocenters. The first-order chi connectivity index (χ1) is 7.48. The minimum absolute atomic E-state index is 0.272. The van der Waals surface area contributed by atoms with E-state index in [1.165, 1.54) is 6.07 Å². The first-order valence-electron chi connectivity index (χ1n) is 5.45. The third kappa shape index (κ3) is 2.33. The van der Waals surface area contributed by atoms with Gasteiger partial charge in [-0.15, -0.1) is 0 Å². The number of likely N-dealkylation sites (tertiary alicyclic amines) is 1. The molecular formula is C12H17FN2O. The minimum atomic E-state index is -0.653. The molecule has 88 valence electrons. The van der Waals surface area contributed by atoms with E-state index in [2.05, 4.69) is 0 Å². The molecule has 16 heavy (non-hydrogen) atoms. The van der Waals surface area contributed by atoms with E-state index in [-0.39, 0.29) is 5.82 Å². The van der Waals surface area contributed by atoms with Gasteiger partial charge in [0.05, 0.1) is 5.60 Å². The molecule has 2 rings (SSSR count). The fourth-order valence-corrected chi connectivity index (χ4v) is 2.14. The molecule has 0 aliphatic carbocycles. The molecule has 4 heteroatoms. The Bertz CT molecular complexity index is 372. The molecule has 1 unspecified atom stereocenters. The normalized spacial score (nSPS) is 26.2. The van der Waals surface area contributed by atoms with Crippen LogP contribution in [0.5, 0.6) is 0 Å². The highest BCUT2D eigenvalue weighted by Crippen LogP contribution is 2.24. The average molecular weight is 224 g/mol. The third-order valence-corrected chi connectivity index (χ3v) is 3.07. The number of aliphatic hydroxyl groups is 1. The number of hydrogen-bond donors (Lipinski definition) is 2. The van der Waals surface area contributed by atoms with Crippen molar-refractivity contribution in [3.63, 3.8) is 0 Å². The predicted octanol–water partition coefficient (Wildman–Crippen LogP) is 1.36. The summed E-state index contributed by atoms with van der Waals surface area (Å²) in [4.78, 5) is 2.02. The maximum absolute atomic E-state index is 13.5. The third-order valence-electron chi connectivity index (χ3n) is 3.07. The molecule has 1 fully saturated rings. The average Bonchev–Trinajstić information content (AvgIpc) is 2.52. The van der Waals surface area contributed by atoms with Gasteiger partial charge in [0.25, 0.3) is 0 Å². The van der Waals surface area contributed by atoms with Gasteiger partial charge in [-0.1, -0.05) is 6.07 Å². The molecule has 0 bridgehead atoms. The van der Waals surface area contributed by atoms with Crippen LogP contribution < -0.4 is 5.73 Å². The molecular weight excluding hydrogens is 207 g/mol. The lowest BCUT2D eigenvalue weighted by molar-refractivity contribution is 0.0678. The van der Waals surface area contributed by atoms with Crippen LogP contribution in [0, 0.1) is 5.82 Å². The summed E-state index contributed by atoms with van der Waals surface area (Å²) in [6.45, 7) is 3.62. The van der Waals surface area contributed by atoms with E-state index in [9.17, 15) is 9.50 Å². The molecule has 1 aromatic carbocycles. The summed E-state index contributed by atoms with van der Waals surface area (Å²) in [5.41, 5.74) is 6.09. The molecule has 1 heterocycles. The van der Waals surface area contributed by atoms with E-state index in [1.54, 1.807) is 19.1 Å². The van der Waals surface area contributed by atoms with E-state index < -0.39 is 5.60 Å². The molecule has 0 amide bonds. The Morgan fingerprint density at radius 2 is 2.31 bits per heavy atom. The molecule has 1 saturated heterocycles. The van der Waals surface area contributed by atoms with Gasteiger partial charge in [0.1, 0.15) is 5.82 Å². The SMILES string of the molecule is CC1(O)CCN(Cc2c(N)cccc2F)C1. The van der Waals surface area contributed by atoms with Crippen LogP contribution in [0.25, 0.3) is 0 Å². The first kappa shape index (κ1) is 11.4. The van der Waals surface area contributed by atoms with E-state index >= 15 is 0 Å². The molecule has 3 N–H and O–H groups in total. The van der Waals surface area contributed by atoms with Crippen LogP contribution in [0.3, 0.4) is 0 Å². The number of benzene rings is 1. The highest BCUT2D eigenvalue weighted by Gasteiger charge is 2.31. The zero-order valence-corrected chi connectivity index (χ0v) is 9.41. The van der Waals surface area contributed by atoms with Gasteiger partial charge in [-0.05, 0) is 25.5 Å². The highest BCUT2D eigenvalue weighted by atomic mass is 19.1. The molecule has 0 saturated carbocycles. The molecule has 0 spiro atoms. The number of nitrogens with zero attached hydrogens (tertiary/aromatic N) is 1. The Morgan fingerprint density at radius 1 is 1.56 bits per heavy atom. The van der Waals surface area contributed by atoms with Gasteiger partial charge in [0.2, 0.25) is 0 Å². The maximum Gasteiger partial charge on any atom is 0.129 e. The lowest BCUT2D eigenvalue weighted by Gasteiger charge is -2.19. The Labute approximate surface area is 94.7 Å². The zero-order chi connectivity index (χ0) is 11.8. The van der Waals surface area contributed by atoms with Gasteiger partial charge < -0.3 is 10.8 Å². The second-order valence-corrected chi connectivity index (χ2v) is 4.77. The van der Waals surface area contributed by atoms with Crippen molar-refractivity contribution in [2.24, 2.45) is 0 Å². The molecule has 3 nitrogen and oxygen atoms in total. The maximum atomic E-state index is 13.5. The molecule has 1 aromatic rings. The summed E-state index contributed by atoms with van der Waals surface area (Å²) in [5.74, 6) is -0.272. The van der Waals surface area contributed by atoms with Crippen LogP contribution in [-0.2, 0) is 6.54 Å². The van der Waals surface area contributed by atoms with Crippen LogP contribution in [0.15, 0.2) is 18.2 Å². The van der Waals surface area contributed by atoms with Crippen molar-refractivity contribution in [1.82, 2.24) is 4.90 Å².